The van der Waals surface area contributed by atoms with Crippen molar-refractivity contribution in [1.82, 2.24) is 5.32 Å². The van der Waals surface area contributed by atoms with E-state index in [-0.39, 0.29) is 12.3 Å². The molecule has 0 aromatic carbocycles. The Morgan fingerprint density at radius 2 is 2.12 bits per heavy atom. The maximum absolute atomic E-state index is 11.8. The van der Waals surface area contributed by atoms with Crippen LogP contribution in [0, 0.1) is 6.92 Å². The second-order valence-corrected chi connectivity index (χ2v) is 5.31. The summed E-state index contributed by atoms with van der Waals surface area (Å²) >= 11 is 1.36. The highest BCUT2D eigenvalue weighted by Crippen LogP contribution is 2.16. The van der Waals surface area contributed by atoms with Gasteiger partial charge in [-0.05, 0) is 37.8 Å². The standard InChI is InChI=1S/C11H15NO3S/c1-7-4-8(16-6-7)10(15)12-11(2,3)5-9(13)14/h4,6H,5H2,1-3H3,(H,12,15)(H,13,14). The number of carboxylic acids is 1. The van der Waals surface area contributed by atoms with Crippen LogP contribution >= 0.6 is 11.3 Å². The van der Waals surface area contributed by atoms with E-state index in [0.29, 0.717) is 4.88 Å². The summed E-state index contributed by atoms with van der Waals surface area (Å²) in [6, 6.07) is 1.79. The lowest BCUT2D eigenvalue weighted by molar-refractivity contribution is -0.138. The molecule has 1 rings (SSSR count). The van der Waals surface area contributed by atoms with Crippen molar-refractivity contribution in [2.45, 2.75) is 32.7 Å². The second kappa shape index (κ2) is 4.65. The van der Waals surface area contributed by atoms with Gasteiger partial charge in [-0.25, -0.2) is 0 Å². The molecule has 0 aliphatic rings. The Kier molecular flexibility index (Phi) is 3.70. The van der Waals surface area contributed by atoms with Crippen molar-refractivity contribution in [3.8, 4) is 0 Å². The third kappa shape index (κ3) is 3.66. The molecule has 4 nitrogen and oxygen atoms in total. The molecule has 0 saturated carbocycles. The van der Waals surface area contributed by atoms with E-state index in [9.17, 15) is 9.59 Å². The lowest BCUT2D eigenvalue weighted by atomic mass is 10.0. The Labute approximate surface area is 98.3 Å². The molecule has 1 heterocycles. The number of aliphatic carboxylic acids is 1. The number of hydrogen-bond donors (Lipinski definition) is 2. The van der Waals surface area contributed by atoms with Gasteiger partial charge >= 0.3 is 5.97 Å². The molecule has 0 fully saturated rings. The van der Waals surface area contributed by atoms with Crippen molar-refractivity contribution in [3.05, 3.63) is 21.9 Å². The normalized spacial score (nSPS) is 11.2. The van der Waals surface area contributed by atoms with Gasteiger partial charge in [0.05, 0.1) is 11.3 Å². The van der Waals surface area contributed by atoms with Gasteiger partial charge in [-0.15, -0.1) is 11.3 Å². The first-order valence-corrected chi connectivity index (χ1v) is 5.77. The van der Waals surface area contributed by atoms with E-state index in [4.69, 9.17) is 5.11 Å². The fraction of sp³-hybridized carbons (Fsp3) is 0.455. The zero-order chi connectivity index (χ0) is 12.3. The first kappa shape index (κ1) is 12.7. The molecule has 0 radical (unpaired) electrons. The van der Waals surface area contributed by atoms with E-state index < -0.39 is 11.5 Å². The average molecular weight is 241 g/mol. The van der Waals surface area contributed by atoms with Crippen LogP contribution in [-0.4, -0.2) is 22.5 Å². The van der Waals surface area contributed by atoms with Crippen molar-refractivity contribution < 1.29 is 14.7 Å². The van der Waals surface area contributed by atoms with Crippen LogP contribution in [0.25, 0.3) is 0 Å². The lowest BCUT2D eigenvalue weighted by Gasteiger charge is -2.23. The molecule has 0 spiro atoms. The minimum atomic E-state index is -0.923. The van der Waals surface area contributed by atoms with E-state index in [1.54, 1.807) is 19.9 Å². The highest BCUT2D eigenvalue weighted by Gasteiger charge is 2.24. The molecule has 1 aromatic heterocycles. The van der Waals surface area contributed by atoms with Gasteiger partial charge in [-0.2, -0.15) is 0 Å². The number of thiophene rings is 1. The molecule has 16 heavy (non-hydrogen) atoms. The number of aryl methyl sites for hydroxylation is 1. The van der Waals surface area contributed by atoms with E-state index in [0.717, 1.165) is 5.56 Å². The molecule has 0 unspecified atom stereocenters. The van der Waals surface area contributed by atoms with Crippen LogP contribution in [0.3, 0.4) is 0 Å². The Balaban J connectivity index is 2.67. The molecule has 2 N–H and O–H groups in total. The average Bonchev–Trinajstić information content (AvgIpc) is 2.47. The smallest absolute Gasteiger partial charge is 0.305 e. The first-order chi connectivity index (χ1) is 7.30. The Bertz CT molecular complexity index is 409. The third-order valence-electron chi connectivity index (χ3n) is 2.00. The second-order valence-electron chi connectivity index (χ2n) is 4.40. The number of carbonyl (C=O) groups excluding carboxylic acids is 1. The fourth-order valence-corrected chi connectivity index (χ4v) is 2.13. The molecular formula is C11H15NO3S. The van der Waals surface area contributed by atoms with Gasteiger partial charge in [0, 0.05) is 5.54 Å². The predicted molar refractivity (Wildman–Crippen MR) is 62.9 cm³/mol. The van der Waals surface area contributed by atoms with Gasteiger partial charge in [0.2, 0.25) is 0 Å². The highest BCUT2D eigenvalue weighted by molar-refractivity contribution is 7.12. The SMILES string of the molecule is Cc1csc(C(=O)NC(C)(C)CC(=O)O)c1. The van der Waals surface area contributed by atoms with Gasteiger partial charge < -0.3 is 10.4 Å². The molecule has 0 saturated heterocycles. The van der Waals surface area contributed by atoms with Crippen LogP contribution in [0.1, 0.15) is 35.5 Å². The zero-order valence-electron chi connectivity index (χ0n) is 9.53. The van der Waals surface area contributed by atoms with Crippen molar-refractivity contribution in [2.24, 2.45) is 0 Å². The summed E-state index contributed by atoms with van der Waals surface area (Å²) in [7, 11) is 0. The van der Waals surface area contributed by atoms with Gasteiger partial charge in [0.1, 0.15) is 0 Å². The van der Waals surface area contributed by atoms with E-state index in [1.165, 1.54) is 11.3 Å². The monoisotopic (exact) mass is 241 g/mol. The summed E-state index contributed by atoms with van der Waals surface area (Å²) in [5, 5.41) is 13.3. The van der Waals surface area contributed by atoms with Gasteiger partial charge in [0.25, 0.3) is 5.91 Å². The molecule has 5 heteroatoms. The molecule has 0 bridgehead atoms. The van der Waals surface area contributed by atoms with Gasteiger partial charge in [-0.3, -0.25) is 9.59 Å². The van der Waals surface area contributed by atoms with Crippen LogP contribution in [-0.2, 0) is 4.79 Å². The molecule has 0 aliphatic heterocycles. The summed E-state index contributed by atoms with van der Waals surface area (Å²) in [4.78, 5) is 23.0. The summed E-state index contributed by atoms with van der Waals surface area (Å²) in [5.41, 5.74) is 0.298. The third-order valence-corrected chi connectivity index (χ3v) is 3.05. The van der Waals surface area contributed by atoms with Crippen molar-refractivity contribution >= 4 is 23.2 Å². The largest absolute Gasteiger partial charge is 0.481 e. The maximum Gasteiger partial charge on any atom is 0.305 e. The minimum absolute atomic E-state index is 0.0941. The summed E-state index contributed by atoms with van der Waals surface area (Å²) in [6.07, 6.45) is -0.0941. The number of carboxylic acid groups (broad SMARTS) is 1. The fourth-order valence-electron chi connectivity index (χ4n) is 1.34. The van der Waals surface area contributed by atoms with Crippen LogP contribution in [0.15, 0.2) is 11.4 Å². The van der Waals surface area contributed by atoms with Crippen LogP contribution < -0.4 is 5.32 Å². The Morgan fingerprint density at radius 1 is 1.50 bits per heavy atom. The van der Waals surface area contributed by atoms with Crippen molar-refractivity contribution in [3.63, 3.8) is 0 Å². The van der Waals surface area contributed by atoms with Crippen LogP contribution in [0.5, 0.6) is 0 Å². The molecular weight excluding hydrogens is 226 g/mol. The predicted octanol–water partition coefficient (Wildman–Crippen LogP) is 2.04. The quantitative estimate of drug-likeness (QED) is 0.847. The van der Waals surface area contributed by atoms with E-state index >= 15 is 0 Å². The maximum atomic E-state index is 11.8. The Hall–Kier alpha value is -1.36. The van der Waals surface area contributed by atoms with Gasteiger partial charge in [-0.1, -0.05) is 0 Å². The molecule has 88 valence electrons. The number of carbonyl (C=O) groups is 2. The van der Waals surface area contributed by atoms with Crippen LogP contribution in [0.4, 0.5) is 0 Å². The number of nitrogens with one attached hydrogen (secondary N) is 1. The number of amides is 1. The van der Waals surface area contributed by atoms with E-state index in [1.807, 2.05) is 12.3 Å². The van der Waals surface area contributed by atoms with Crippen LogP contribution in [0.2, 0.25) is 0 Å². The summed E-state index contributed by atoms with van der Waals surface area (Å²) in [5.74, 6) is -1.14. The Morgan fingerprint density at radius 3 is 2.56 bits per heavy atom. The van der Waals surface area contributed by atoms with Crippen molar-refractivity contribution in [2.75, 3.05) is 0 Å². The summed E-state index contributed by atoms with van der Waals surface area (Å²) in [6.45, 7) is 5.30. The van der Waals surface area contributed by atoms with Gasteiger partial charge in [0.15, 0.2) is 0 Å². The molecule has 0 atom stereocenters. The lowest BCUT2D eigenvalue weighted by Crippen LogP contribution is -2.44. The minimum Gasteiger partial charge on any atom is -0.481 e. The van der Waals surface area contributed by atoms with Crippen molar-refractivity contribution in [1.29, 1.82) is 0 Å². The topological polar surface area (TPSA) is 66.4 Å². The molecule has 1 aromatic rings. The first-order valence-electron chi connectivity index (χ1n) is 4.89. The summed E-state index contributed by atoms with van der Waals surface area (Å²) < 4.78 is 0. The van der Waals surface area contributed by atoms with E-state index in [2.05, 4.69) is 5.32 Å². The number of rotatable bonds is 4. The molecule has 0 aliphatic carbocycles. The molecule has 1 amide bonds. The zero-order valence-corrected chi connectivity index (χ0v) is 10.4. The number of hydrogen-bond acceptors (Lipinski definition) is 3. The highest BCUT2D eigenvalue weighted by atomic mass is 32.1.